The second-order valence-corrected chi connectivity index (χ2v) is 5.48. The summed E-state index contributed by atoms with van der Waals surface area (Å²) in [7, 11) is 0. The molecule has 1 unspecified atom stereocenters. The number of hydrogen-bond donors (Lipinski definition) is 1. The van der Waals surface area contributed by atoms with Crippen molar-refractivity contribution in [2.45, 2.75) is 13.3 Å². The van der Waals surface area contributed by atoms with Crippen molar-refractivity contribution in [3.8, 4) is 0 Å². The summed E-state index contributed by atoms with van der Waals surface area (Å²) < 4.78 is 0. The Morgan fingerprint density at radius 1 is 1.72 bits per heavy atom. The van der Waals surface area contributed by atoms with Gasteiger partial charge in [-0.05, 0) is 12.0 Å². The fraction of sp³-hybridized carbons (Fsp3) is 0.417. The van der Waals surface area contributed by atoms with Crippen LogP contribution in [0.5, 0.6) is 0 Å². The van der Waals surface area contributed by atoms with Gasteiger partial charge in [-0.3, -0.25) is 14.5 Å². The summed E-state index contributed by atoms with van der Waals surface area (Å²) in [6, 6.07) is 0. The van der Waals surface area contributed by atoms with Crippen LogP contribution in [0.1, 0.15) is 13.3 Å². The monoisotopic (exact) mass is 265 g/mol. The smallest absolute Gasteiger partial charge is 0.228 e. The molecule has 0 radical (unpaired) electrons. The minimum atomic E-state index is 0.0750. The summed E-state index contributed by atoms with van der Waals surface area (Å²) in [5, 5.41) is 3.07. The van der Waals surface area contributed by atoms with E-state index >= 15 is 0 Å². The molecular formula is C12H15N3O2S. The molecule has 18 heavy (non-hydrogen) atoms. The van der Waals surface area contributed by atoms with Crippen molar-refractivity contribution in [2.24, 2.45) is 10.9 Å². The molecule has 0 saturated carbocycles. The van der Waals surface area contributed by atoms with Crippen LogP contribution in [0, 0.1) is 5.92 Å². The maximum Gasteiger partial charge on any atom is 0.228 e. The van der Waals surface area contributed by atoms with Crippen molar-refractivity contribution in [3.05, 3.63) is 24.3 Å². The number of hydrogen-bond acceptors (Lipinski definition) is 5. The molecule has 2 aliphatic rings. The van der Waals surface area contributed by atoms with Crippen LogP contribution in [0.15, 0.2) is 29.3 Å². The van der Waals surface area contributed by atoms with Crippen molar-refractivity contribution < 1.29 is 9.59 Å². The molecule has 0 bridgehead atoms. The van der Waals surface area contributed by atoms with Gasteiger partial charge in [0.1, 0.15) is 11.6 Å². The molecule has 0 aliphatic carbocycles. The first kappa shape index (κ1) is 12.9. The van der Waals surface area contributed by atoms with Gasteiger partial charge >= 0.3 is 0 Å². The second-order valence-electron chi connectivity index (χ2n) is 4.28. The highest BCUT2D eigenvalue weighted by atomic mass is 32.2. The standard InChI is InChI=1S/C12H15N3O2S/c1-8-13-4-3-11(14-8)15-6-10(5-12(15)17)7-18-9(2)16/h3-4,10,14H,1,5-7H2,2H3. The Morgan fingerprint density at radius 2 is 2.50 bits per heavy atom. The Kier molecular flexibility index (Phi) is 3.86. The first-order chi connectivity index (χ1) is 8.56. The number of aliphatic imine (C=N–C) groups is 1. The first-order valence-electron chi connectivity index (χ1n) is 5.70. The van der Waals surface area contributed by atoms with Crippen LogP contribution >= 0.6 is 11.8 Å². The molecule has 1 atom stereocenters. The fourth-order valence-corrected chi connectivity index (χ4v) is 2.63. The average Bonchev–Trinajstić information content (AvgIpc) is 2.68. The molecule has 0 aromatic carbocycles. The molecule has 0 aromatic heterocycles. The summed E-state index contributed by atoms with van der Waals surface area (Å²) in [6.45, 7) is 5.89. The predicted molar refractivity (Wildman–Crippen MR) is 71.8 cm³/mol. The molecule has 2 heterocycles. The van der Waals surface area contributed by atoms with E-state index in [1.165, 1.54) is 11.8 Å². The van der Waals surface area contributed by atoms with E-state index in [2.05, 4.69) is 16.9 Å². The summed E-state index contributed by atoms with van der Waals surface area (Å²) >= 11 is 1.28. The van der Waals surface area contributed by atoms with E-state index in [0.717, 1.165) is 5.82 Å². The van der Waals surface area contributed by atoms with Gasteiger partial charge in [-0.1, -0.05) is 18.3 Å². The zero-order valence-electron chi connectivity index (χ0n) is 10.2. The minimum Gasteiger partial charge on any atom is -0.327 e. The third kappa shape index (κ3) is 3.01. The van der Waals surface area contributed by atoms with Crippen LogP contribution < -0.4 is 5.32 Å². The van der Waals surface area contributed by atoms with Gasteiger partial charge in [0.05, 0.1) is 0 Å². The van der Waals surface area contributed by atoms with Gasteiger partial charge in [0, 0.05) is 31.9 Å². The van der Waals surface area contributed by atoms with E-state index in [9.17, 15) is 9.59 Å². The Bertz CT molecular complexity index is 456. The number of rotatable bonds is 3. The number of thioether (sulfide) groups is 1. The average molecular weight is 265 g/mol. The van der Waals surface area contributed by atoms with Crippen molar-refractivity contribution in [1.82, 2.24) is 10.2 Å². The van der Waals surface area contributed by atoms with Crippen LogP contribution in [0.3, 0.4) is 0 Å². The summed E-state index contributed by atoms with van der Waals surface area (Å²) in [6.07, 6.45) is 3.87. The van der Waals surface area contributed by atoms with Crippen LogP contribution in [0.25, 0.3) is 0 Å². The van der Waals surface area contributed by atoms with Gasteiger partial charge < -0.3 is 5.32 Å². The molecule has 0 spiro atoms. The molecule has 96 valence electrons. The Balaban J connectivity index is 1.97. The van der Waals surface area contributed by atoms with E-state index in [0.29, 0.717) is 24.5 Å². The van der Waals surface area contributed by atoms with Crippen LogP contribution in [-0.4, -0.2) is 34.4 Å². The van der Waals surface area contributed by atoms with E-state index in [4.69, 9.17) is 0 Å². The third-order valence-electron chi connectivity index (χ3n) is 2.75. The fourth-order valence-electron chi connectivity index (χ4n) is 1.94. The Morgan fingerprint density at radius 3 is 3.17 bits per heavy atom. The van der Waals surface area contributed by atoms with Gasteiger partial charge in [0.2, 0.25) is 5.91 Å². The van der Waals surface area contributed by atoms with Gasteiger partial charge in [0.25, 0.3) is 0 Å². The molecule has 2 aliphatic heterocycles. The van der Waals surface area contributed by atoms with E-state index in [-0.39, 0.29) is 16.9 Å². The zero-order chi connectivity index (χ0) is 13.1. The highest BCUT2D eigenvalue weighted by molar-refractivity contribution is 8.13. The van der Waals surface area contributed by atoms with Gasteiger partial charge in [-0.25, -0.2) is 4.99 Å². The number of nitrogens with one attached hydrogen (secondary N) is 1. The number of carbonyl (C=O) groups excluding carboxylic acids is 2. The molecular weight excluding hydrogens is 250 g/mol. The number of nitrogens with zero attached hydrogens (tertiary/aromatic N) is 2. The SMILES string of the molecule is C=C1N=CC=C(N2CC(CSC(C)=O)CC2=O)N1. The van der Waals surface area contributed by atoms with Crippen LogP contribution in [-0.2, 0) is 9.59 Å². The Hall–Kier alpha value is -1.56. The zero-order valence-corrected chi connectivity index (χ0v) is 11.0. The second kappa shape index (κ2) is 5.39. The van der Waals surface area contributed by atoms with Gasteiger partial charge in [-0.2, -0.15) is 0 Å². The lowest BCUT2D eigenvalue weighted by atomic mass is 10.1. The predicted octanol–water partition coefficient (Wildman–Crippen LogP) is 1.10. The maximum atomic E-state index is 11.9. The van der Waals surface area contributed by atoms with Crippen molar-refractivity contribution in [1.29, 1.82) is 0 Å². The highest BCUT2D eigenvalue weighted by Crippen LogP contribution is 2.25. The van der Waals surface area contributed by atoms with Gasteiger partial charge in [-0.15, -0.1) is 0 Å². The third-order valence-corrected chi connectivity index (χ3v) is 3.80. The molecule has 6 heteroatoms. The topological polar surface area (TPSA) is 61.8 Å². The van der Waals surface area contributed by atoms with E-state index in [1.807, 2.05) is 0 Å². The summed E-state index contributed by atoms with van der Waals surface area (Å²) in [4.78, 5) is 28.5. The molecule has 0 aromatic rings. The molecule has 2 rings (SSSR count). The minimum absolute atomic E-state index is 0.0750. The first-order valence-corrected chi connectivity index (χ1v) is 6.69. The molecule has 1 fully saturated rings. The molecule has 1 amide bonds. The number of allylic oxidation sites excluding steroid dienone is 1. The van der Waals surface area contributed by atoms with E-state index in [1.54, 1.807) is 24.1 Å². The quantitative estimate of drug-likeness (QED) is 0.830. The normalized spacial score (nSPS) is 23.1. The molecule has 1 N–H and O–H groups in total. The lowest BCUT2D eigenvalue weighted by molar-refractivity contribution is -0.126. The largest absolute Gasteiger partial charge is 0.327 e. The van der Waals surface area contributed by atoms with Crippen molar-refractivity contribution in [2.75, 3.05) is 12.3 Å². The number of amides is 1. The summed E-state index contributed by atoms with van der Waals surface area (Å²) in [5.41, 5.74) is 0. The maximum absolute atomic E-state index is 11.9. The number of likely N-dealkylation sites (tertiary alicyclic amines) is 1. The lowest BCUT2D eigenvalue weighted by Gasteiger charge is -2.23. The highest BCUT2D eigenvalue weighted by Gasteiger charge is 2.32. The molecule has 1 saturated heterocycles. The van der Waals surface area contributed by atoms with Crippen molar-refractivity contribution in [3.63, 3.8) is 0 Å². The summed E-state index contributed by atoms with van der Waals surface area (Å²) in [5.74, 6) is 2.24. The van der Waals surface area contributed by atoms with Crippen molar-refractivity contribution >= 4 is 29.0 Å². The van der Waals surface area contributed by atoms with Gasteiger partial charge in [0.15, 0.2) is 5.12 Å². The Labute approximate surface area is 110 Å². The van der Waals surface area contributed by atoms with E-state index < -0.39 is 0 Å². The lowest BCUT2D eigenvalue weighted by Crippen LogP contribution is -2.33. The molecule has 5 nitrogen and oxygen atoms in total. The van der Waals surface area contributed by atoms with Crippen LogP contribution in [0.4, 0.5) is 0 Å². The van der Waals surface area contributed by atoms with Crippen LogP contribution in [0.2, 0.25) is 0 Å². The number of carbonyl (C=O) groups is 2.